The minimum atomic E-state index is -4.15. The zero-order chi connectivity index (χ0) is 23.0. The van der Waals surface area contributed by atoms with Gasteiger partial charge >= 0.3 is 0 Å². The highest BCUT2D eigenvalue weighted by molar-refractivity contribution is 7.92. The van der Waals surface area contributed by atoms with Crippen LogP contribution in [-0.2, 0) is 10.0 Å². The Balaban J connectivity index is 1.84. The lowest BCUT2D eigenvalue weighted by Gasteiger charge is -2.12. The third-order valence-corrected chi connectivity index (χ3v) is 5.66. The van der Waals surface area contributed by atoms with Crippen molar-refractivity contribution >= 4 is 39.4 Å². The molecule has 0 saturated carbocycles. The summed E-state index contributed by atoms with van der Waals surface area (Å²) >= 11 is 0. The summed E-state index contributed by atoms with van der Waals surface area (Å²) in [4.78, 5) is 10.2. The highest BCUT2D eigenvalue weighted by Gasteiger charge is 2.22. The molecule has 0 saturated heterocycles. The van der Waals surface area contributed by atoms with E-state index in [1.807, 2.05) is 36.4 Å². The van der Waals surface area contributed by atoms with Gasteiger partial charge in [-0.1, -0.05) is 36.4 Å². The topological polar surface area (TPSA) is 123 Å². The molecule has 0 amide bonds. The summed E-state index contributed by atoms with van der Waals surface area (Å²) in [5.74, 6) is 0.559. The van der Waals surface area contributed by atoms with Gasteiger partial charge in [-0.05, 0) is 42.0 Å². The number of nitrogens with one attached hydrogen (secondary N) is 2. The number of rotatable bonds is 9. The molecule has 0 atom stereocenters. The Bertz CT molecular complexity index is 1240. The number of anilines is 2. The molecule has 0 heterocycles. The van der Waals surface area contributed by atoms with E-state index in [0.717, 1.165) is 11.6 Å². The third-order valence-electron chi connectivity index (χ3n) is 4.24. The number of hydrazone groups is 1. The number of sulfonamides is 1. The van der Waals surface area contributed by atoms with Crippen molar-refractivity contribution in [3.63, 3.8) is 0 Å². The second-order valence-corrected chi connectivity index (χ2v) is 8.08. The minimum Gasteiger partial charge on any atom is -0.497 e. The molecule has 3 aromatic carbocycles. The maximum atomic E-state index is 13.0. The van der Waals surface area contributed by atoms with Crippen LogP contribution in [0.15, 0.2) is 88.9 Å². The summed E-state index contributed by atoms with van der Waals surface area (Å²) in [5, 5.41) is 15.2. The lowest BCUT2D eigenvalue weighted by Crippen LogP contribution is -2.15. The highest BCUT2D eigenvalue weighted by atomic mass is 32.2. The smallest absolute Gasteiger partial charge is 0.270 e. The van der Waals surface area contributed by atoms with E-state index in [4.69, 9.17) is 4.74 Å². The van der Waals surface area contributed by atoms with E-state index in [2.05, 4.69) is 15.2 Å². The van der Waals surface area contributed by atoms with E-state index in [1.165, 1.54) is 37.6 Å². The Morgan fingerprint density at radius 2 is 1.75 bits per heavy atom. The first kappa shape index (κ1) is 22.5. The molecule has 10 heteroatoms. The lowest BCUT2D eigenvalue weighted by molar-refractivity contribution is -0.385. The third kappa shape index (κ3) is 5.92. The van der Waals surface area contributed by atoms with Crippen LogP contribution in [0.3, 0.4) is 0 Å². The summed E-state index contributed by atoms with van der Waals surface area (Å²) in [7, 11) is -2.66. The molecular formula is C22H20N4O5S. The zero-order valence-corrected chi connectivity index (χ0v) is 17.8. The number of nitrogens with zero attached hydrogens (tertiary/aromatic N) is 2. The summed E-state index contributed by atoms with van der Waals surface area (Å²) in [6.07, 6.45) is 4.95. The maximum Gasteiger partial charge on any atom is 0.270 e. The van der Waals surface area contributed by atoms with Gasteiger partial charge in [0.2, 0.25) is 0 Å². The lowest BCUT2D eigenvalue weighted by atomic mass is 10.2. The fourth-order valence-electron chi connectivity index (χ4n) is 2.68. The first-order valence-corrected chi connectivity index (χ1v) is 10.8. The fraction of sp³-hybridized carbons (Fsp3) is 0.0455. The Morgan fingerprint density at radius 1 is 1.03 bits per heavy atom. The number of hydrogen-bond acceptors (Lipinski definition) is 7. The van der Waals surface area contributed by atoms with Gasteiger partial charge in [-0.15, -0.1) is 0 Å². The molecule has 9 nitrogen and oxygen atoms in total. The molecule has 0 aliphatic heterocycles. The maximum absolute atomic E-state index is 13.0. The van der Waals surface area contributed by atoms with Crippen molar-refractivity contribution in [3.05, 3.63) is 94.6 Å². The molecule has 0 bridgehead atoms. The number of ether oxygens (including phenoxy) is 1. The molecule has 164 valence electrons. The summed E-state index contributed by atoms with van der Waals surface area (Å²) < 4.78 is 33.4. The number of benzene rings is 3. The summed E-state index contributed by atoms with van der Waals surface area (Å²) in [6.45, 7) is 0. The van der Waals surface area contributed by atoms with Crippen molar-refractivity contribution in [1.29, 1.82) is 0 Å². The van der Waals surface area contributed by atoms with Gasteiger partial charge in [-0.25, -0.2) is 8.42 Å². The summed E-state index contributed by atoms with van der Waals surface area (Å²) in [5.41, 5.74) is 3.60. The van der Waals surface area contributed by atoms with Crippen LogP contribution in [0.2, 0.25) is 0 Å². The van der Waals surface area contributed by atoms with Gasteiger partial charge in [0.15, 0.2) is 0 Å². The number of hydrogen-bond donors (Lipinski definition) is 2. The second-order valence-electron chi connectivity index (χ2n) is 6.43. The van der Waals surface area contributed by atoms with Crippen LogP contribution < -0.4 is 14.9 Å². The van der Waals surface area contributed by atoms with Crippen LogP contribution in [0.25, 0.3) is 6.08 Å². The standard InChI is InChI=1S/C22H20N4O5S/c1-31-20-12-9-18(10-13-20)25-32(29,30)22-16-19(26(27)28)11-14-21(22)24-23-15-5-8-17-6-3-2-4-7-17/h2-16,24-25H,1H3/b8-5+,23-15-. The molecule has 3 rings (SSSR count). The number of nitro groups is 1. The van der Waals surface area contributed by atoms with E-state index < -0.39 is 14.9 Å². The molecule has 3 aromatic rings. The first-order chi connectivity index (χ1) is 15.4. The van der Waals surface area contributed by atoms with Crippen LogP contribution in [0, 0.1) is 10.1 Å². The SMILES string of the molecule is COc1ccc(NS(=O)(=O)c2cc([N+](=O)[O-])ccc2N/N=C\C=C\c2ccccc2)cc1. The molecule has 0 aliphatic rings. The van der Waals surface area contributed by atoms with Gasteiger partial charge in [-0.3, -0.25) is 20.3 Å². The largest absolute Gasteiger partial charge is 0.497 e. The van der Waals surface area contributed by atoms with Crippen molar-refractivity contribution in [1.82, 2.24) is 0 Å². The van der Waals surface area contributed by atoms with Crippen LogP contribution in [0.1, 0.15) is 5.56 Å². The van der Waals surface area contributed by atoms with Crippen molar-refractivity contribution < 1.29 is 18.1 Å². The normalized spacial score (nSPS) is 11.5. The van der Waals surface area contributed by atoms with Crippen molar-refractivity contribution in [2.75, 3.05) is 17.3 Å². The van der Waals surface area contributed by atoms with Gasteiger partial charge in [0, 0.05) is 24.0 Å². The number of allylic oxidation sites excluding steroid dienone is 1. The van der Waals surface area contributed by atoms with Crippen LogP contribution in [0.4, 0.5) is 17.1 Å². The molecule has 0 unspecified atom stereocenters. The van der Waals surface area contributed by atoms with Gasteiger partial charge in [0.25, 0.3) is 15.7 Å². The molecule has 0 aromatic heterocycles. The molecule has 32 heavy (non-hydrogen) atoms. The quantitative estimate of drug-likeness (QED) is 0.280. The van der Waals surface area contributed by atoms with Crippen molar-refractivity contribution in [2.45, 2.75) is 4.90 Å². The monoisotopic (exact) mass is 452 g/mol. The number of nitro benzene ring substituents is 1. The molecular weight excluding hydrogens is 432 g/mol. The molecule has 0 aliphatic carbocycles. The second kappa shape index (κ2) is 10.2. The van der Waals surface area contributed by atoms with Gasteiger partial charge in [-0.2, -0.15) is 5.10 Å². The average molecular weight is 452 g/mol. The Hall–Kier alpha value is -4.18. The fourth-order valence-corrected chi connectivity index (χ4v) is 3.91. The first-order valence-electron chi connectivity index (χ1n) is 9.35. The zero-order valence-electron chi connectivity index (χ0n) is 17.0. The van der Waals surface area contributed by atoms with Gasteiger partial charge in [0.05, 0.1) is 17.7 Å². The predicted octanol–water partition coefficient (Wildman–Crippen LogP) is 4.52. The van der Waals surface area contributed by atoms with E-state index in [-0.39, 0.29) is 22.0 Å². The van der Waals surface area contributed by atoms with Crippen LogP contribution in [0.5, 0.6) is 5.75 Å². The van der Waals surface area contributed by atoms with Gasteiger partial charge in [0.1, 0.15) is 10.6 Å². The van der Waals surface area contributed by atoms with Crippen molar-refractivity contribution in [3.8, 4) is 5.75 Å². The Kier molecular flexibility index (Phi) is 7.19. The van der Waals surface area contributed by atoms with E-state index in [1.54, 1.807) is 18.2 Å². The minimum absolute atomic E-state index is 0.0842. The molecule has 0 spiro atoms. The average Bonchev–Trinajstić information content (AvgIpc) is 2.79. The van der Waals surface area contributed by atoms with E-state index in [0.29, 0.717) is 5.75 Å². The van der Waals surface area contributed by atoms with E-state index >= 15 is 0 Å². The van der Waals surface area contributed by atoms with Gasteiger partial charge < -0.3 is 4.74 Å². The summed E-state index contributed by atoms with van der Waals surface area (Å²) in [6, 6.07) is 19.2. The predicted molar refractivity (Wildman–Crippen MR) is 124 cm³/mol. The highest BCUT2D eigenvalue weighted by Crippen LogP contribution is 2.28. The van der Waals surface area contributed by atoms with Crippen LogP contribution >= 0.6 is 0 Å². The number of methoxy groups -OCH3 is 1. The van der Waals surface area contributed by atoms with E-state index in [9.17, 15) is 18.5 Å². The molecule has 0 fully saturated rings. The number of non-ortho nitro benzene ring substituents is 1. The molecule has 2 N–H and O–H groups in total. The van der Waals surface area contributed by atoms with Crippen LogP contribution in [-0.4, -0.2) is 26.7 Å². The Morgan fingerprint density at radius 3 is 2.41 bits per heavy atom. The molecule has 0 radical (unpaired) electrons. The Labute approximate surface area is 185 Å². The van der Waals surface area contributed by atoms with Crippen molar-refractivity contribution in [2.24, 2.45) is 5.10 Å².